The van der Waals surface area contributed by atoms with Gasteiger partial charge in [-0.05, 0) is 25.1 Å². The lowest BCUT2D eigenvalue weighted by Gasteiger charge is -1.85. The Balaban J connectivity index is 2.78. The highest BCUT2D eigenvalue weighted by atomic mass is 32.1. The number of nitrogens with zero attached hydrogens (tertiary/aromatic N) is 3. The van der Waals surface area contributed by atoms with Crippen molar-refractivity contribution in [2.45, 2.75) is 6.92 Å². The summed E-state index contributed by atoms with van der Waals surface area (Å²) in [5.74, 6) is 0. The van der Waals surface area contributed by atoms with E-state index in [2.05, 4.69) is 0 Å². The maximum Gasteiger partial charge on any atom is 0.268 e. The fourth-order valence-electron chi connectivity index (χ4n) is 1.56. The van der Waals surface area contributed by atoms with Gasteiger partial charge in [-0.3, -0.25) is 4.79 Å². The summed E-state index contributed by atoms with van der Waals surface area (Å²) < 4.78 is 2.27. The van der Waals surface area contributed by atoms with E-state index < -0.39 is 0 Å². The Kier molecular flexibility index (Phi) is 3.66. The minimum atomic E-state index is -0.186. The lowest BCUT2D eigenvalue weighted by molar-refractivity contribution is 0.855. The molecule has 2 rings (SSSR count). The second-order valence-electron chi connectivity index (χ2n) is 3.83. The monoisotopic (exact) mass is 287 g/mol. The summed E-state index contributed by atoms with van der Waals surface area (Å²) >= 11 is 2.76. The van der Waals surface area contributed by atoms with Crippen molar-refractivity contribution in [1.29, 1.82) is 10.5 Å². The summed E-state index contributed by atoms with van der Waals surface area (Å²) in [6.45, 7) is 2.00. The van der Waals surface area contributed by atoms with Crippen molar-refractivity contribution in [2.75, 3.05) is 0 Å². The van der Waals surface area contributed by atoms with E-state index in [9.17, 15) is 4.79 Å². The number of aromatic nitrogens is 1. The van der Waals surface area contributed by atoms with Crippen LogP contribution in [0.15, 0.2) is 16.9 Å². The van der Waals surface area contributed by atoms with Gasteiger partial charge >= 0.3 is 0 Å². The summed E-state index contributed by atoms with van der Waals surface area (Å²) in [4.78, 5) is 14.2. The molecule has 2 heterocycles. The number of rotatable bonds is 1. The van der Waals surface area contributed by atoms with Crippen LogP contribution in [-0.4, -0.2) is 4.57 Å². The summed E-state index contributed by atoms with van der Waals surface area (Å²) in [6.07, 6.45) is 1.79. The average Bonchev–Trinajstić information content (AvgIpc) is 2.91. The van der Waals surface area contributed by atoms with Crippen LogP contribution in [0.2, 0.25) is 0 Å². The maximum atomic E-state index is 12.1. The van der Waals surface area contributed by atoms with E-state index in [0.717, 1.165) is 4.88 Å². The quantitative estimate of drug-likeness (QED) is 0.780. The molecule has 2 aromatic rings. The third-order valence-corrected chi connectivity index (χ3v) is 4.63. The van der Waals surface area contributed by atoms with Crippen molar-refractivity contribution in [2.24, 2.45) is 7.05 Å². The van der Waals surface area contributed by atoms with Crippen molar-refractivity contribution < 1.29 is 0 Å². The average molecular weight is 287 g/mol. The normalized spacial score (nSPS) is 11.1. The van der Waals surface area contributed by atoms with Crippen LogP contribution in [0.5, 0.6) is 0 Å². The minimum Gasteiger partial charge on any atom is -0.300 e. The van der Waals surface area contributed by atoms with Crippen LogP contribution in [0.25, 0.3) is 11.6 Å². The zero-order chi connectivity index (χ0) is 14.0. The molecule has 0 radical (unpaired) electrons. The molecule has 0 aliphatic rings. The molecule has 0 saturated carbocycles. The van der Waals surface area contributed by atoms with Crippen molar-refractivity contribution in [3.05, 3.63) is 41.4 Å². The predicted molar refractivity (Wildman–Crippen MR) is 76.1 cm³/mol. The molecule has 0 aromatic carbocycles. The van der Waals surface area contributed by atoms with Gasteiger partial charge in [-0.25, -0.2) is 0 Å². The molecule has 0 spiro atoms. The molecule has 6 heteroatoms. The molecule has 0 N–H and O–H groups in total. The predicted octanol–water partition coefficient (Wildman–Crippen LogP) is 0.843. The van der Waals surface area contributed by atoms with Crippen molar-refractivity contribution >= 4 is 34.3 Å². The molecular formula is C13H9N3OS2. The fraction of sp³-hybridized carbons (Fsp3) is 0.154. The minimum absolute atomic E-state index is 0.0355. The number of aryl methyl sites for hydroxylation is 1. The summed E-state index contributed by atoms with van der Waals surface area (Å²) in [7, 11) is 1.57. The molecular weight excluding hydrogens is 278 g/mol. The Hall–Kier alpha value is -2.15. The third-order valence-electron chi connectivity index (χ3n) is 2.50. The van der Waals surface area contributed by atoms with Gasteiger partial charge in [0.05, 0.1) is 4.53 Å². The largest absolute Gasteiger partial charge is 0.300 e. The van der Waals surface area contributed by atoms with Crippen LogP contribution in [0.3, 0.4) is 0 Å². The van der Waals surface area contributed by atoms with Gasteiger partial charge in [0, 0.05) is 16.8 Å². The molecule has 0 bridgehead atoms. The molecule has 0 unspecified atom stereocenters. The SMILES string of the molecule is Cc1ccc(/C=c2\sc(=C(C#N)C#N)n(C)c2=O)s1. The Labute approximate surface area is 117 Å². The summed E-state index contributed by atoms with van der Waals surface area (Å²) in [5.41, 5.74) is -0.222. The van der Waals surface area contributed by atoms with Crippen LogP contribution >= 0.6 is 22.7 Å². The van der Waals surface area contributed by atoms with Gasteiger partial charge in [0.1, 0.15) is 16.8 Å². The topological polar surface area (TPSA) is 69.6 Å². The van der Waals surface area contributed by atoms with E-state index >= 15 is 0 Å². The standard InChI is InChI=1S/C13H9N3OS2/c1-8-3-4-10(18-8)5-11-12(17)16(2)13(19-11)9(6-14)7-15/h3-5H,1-2H3/b11-5-. The van der Waals surface area contributed by atoms with Gasteiger partial charge in [0.15, 0.2) is 5.57 Å². The first-order valence-electron chi connectivity index (χ1n) is 5.35. The van der Waals surface area contributed by atoms with Crippen molar-refractivity contribution in [3.8, 4) is 12.1 Å². The number of nitriles is 2. The smallest absolute Gasteiger partial charge is 0.268 e. The molecule has 0 saturated heterocycles. The second-order valence-corrected chi connectivity index (χ2v) is 6.18. The van der Waals surface area contributed by atoms with E-state index in [0.29, 0.717) is 9.20 Å². The molecule has 0 atom stereocenters. The van der Waals surface area contributed by atoms with Gasteiger partial charge in [0.25, 0.3) is 5.56 Å². The van der Waals surface area contributed by atoms with Gasteiger partial charge in [-0.15, -0.1) is 22.7 Å². The van der Waals surface area contributed by atoms with Gasteiger partial charge in [0.2, 0.25) is 0 Å². The Morgan fingerprint density at radius 3 is 2.53 bits per heavy atom. The van der Waals surface area contributed by atoms with Crippen molar-refractivity contribution in [3.63, 3.8) is 0 Å². The lowest BCUT2D eigenvalue weighted by atomic mass is 10.4. The van der Waals surface area contributed by atoms with Crippen molar-refractivity contribution in [1.82, 2.24) is 4.57 Å². The van der Waals surface area contributed by atoms with Crippen LogP contribution < -0.4 is 14.8 Å². The highest BCUT2D eigenvalue weighted by Gasteiger charge is 2.05. The molecule has 4 nitrogen and oxygen atoms in total. The molecule has 94 valence electrons. The van der Waals surface area contributed by atoms with E-state index in [4.69, 9.17) is 10.5 Å². The number of thiazole rings is 1. The number of hydrogen-bond donors (Lipinski definition) is 0. The molecule has 2 aromatic heterocycles. The van der Waals surface area contributed by atoms with Gasteiger partial charge in [-0.1, -0.05) is 0 Å². The van der Waals surface area contributed by atoms with Crippen LogP contribution in [0, 0.1) is 29.6 Å². The lowest BCUT2D eigenvalue weighted by Crippen LogP contribution is -2.29. The first-order chi connectivity index (χ1) is 9.06. The van der Waals surface area contributed by atoms with E-state index in [1.807, 2.05) is 31.2 Å². The summed E-state index contributed by atoms with van der Waals surface area (Å²) in [5, 5.41) is 17.7. The van der Waals surface area contributed by atoms with E-state index in [1.165, 1.54) is 20.8 Å². The van der Waals surface area contributed by atoms with Gasteiger partial charge in [-0.2, -0.15) is 10.5 Å². The number of hydrogen-bond acceptors (Lipinski definition) is 5. The molecule has 0 aliphatic heterocycles. The van der Waals surface area contributed by atoms with Crippen LogP contribution in [0.1, 0.15) is 9.75 Å². The molecule has 0 amide bonds. The molecule has 19 heavy (non-hydrogen) atoms. The fourth-order valence-corrected chi connectivity index (χ4v) is 3.49. The maximum absolute atomic E-state index is 12.1. The third kappa shape index (κ3) is 2.50. The molecule has 0 fully saturated rings. The second kappa shape index (κ2) is 5.23. The molecule has 0 aliphatic carbocycles. The van der Waals surface area contributed by atoms with Crippen LogP contribution in [0.4, 0.5) is 0 Å². The van der Waals surface area contributed by atoms with E-state index in [-0.39, 0.29) is 11.1 Å². The van der Waals surface area contributed by atoms with Gasteiger partial charge < -0.3 is 4.57 Å². The zero-order valence-electron chi connectivity index (χ0n) is 10.3. The number of thiophene rings is 1. The Morgan fingerprint density at radius 2 is 2.00 bits per heavy atom. The Bertz CT molecular complexity index is 868. The first kappa shape index (κ1) is 13.3. The van der Waals surface area contributed by atoms with E-state index in [1.54, 1.807) is 24.5 Å². The first-order valence-corrected chi connectivity index (χ1v) is 6.98. The highest BCUT2D eigenvalue weighted by molar-refractivity contribution is 7.13. The zero-order valence-corrected chi connectivity index (χ0v) is 11.9. The van der Waals surface area contributed by atoms with Crippen LogP contribution in [-0.2, 0) is 7.05 Å². The summed E-state index contributed by atoms with van der Waals surface area (Å²) in [6, 6.07) is 7.55. The Morgan fingerprint density at radius 1 is 1.32 bits per heavy atom. The highest BCUT2D eigenvalue weighted by Crippen LogP contribution is 2.15.